The Morgan fingerprint density at radius 1 is 1.13 bits per heavy atom. The Kier molecular flexibility index (Phi) is 3.63. The normalized spacial score (nSPS) is 15.1. The molecule has 2 aromatic heterocycles. The number of methoxy groups -OCH3 is 1. The molecule has 3 heterocycles. The summed E-state index contributed by atoms with van der Waals surface area (Å²) >= 11 is 0. The maximum atomic E-state index is 5.47. The van der Waals surface area contributed by atoms with Gasteiger partial charge in [-0.1, -0.05) is 12.1 Å². The Morgan fingerprint density at radius 3 is 2.83 bits per heavy atom. The average Bonchev–Trinajstić information content (AvgIpc) is 3.10. The molecule has 0 unspecified atom stereocenters. The van der Waals surface area contributed by atoms with Crippen LogP contribution in [-0.4, -0.2) is 42.8 Å². The molecule has 118 valence electrons. The van der Waals surface area contributed by atoms with E-state index in [9.17, 15) is 0 Å². The van der Waals surface area contributed by atoms with Gasteiger partial charge in [0, 0.05) is 31.0 Å². The number of anilines is 1. The second kappa shape index (κ2) is 5.93. The molecule has 1 aliphatic heterocycles. The highest BCUT2D eigenvalue weighted by atomic mass is 16.5. The van der Waals surface area contributed by atoms with Crippen molar-refractivity contribution in [1.29, 1.82) is 0 Å². The Balaban J connectivity index is 1.83. The van der Waals surface area contributed by atoms with Crippen LogP contribution in [0, 0.1) is 0 Å². The number of nitrogens with zero attached hydrogens (tertiary/aromatic N) is 3. The molecule has 0 atom stereocenters. The van der Waals surface area contributed by atoms with Crippen LogP contribution in [0.3, 0.4) is 0 Å². The Morgan fingerprint density at radius 2 is 2.00 bits per heavy atom. The summed E-state index contributed by atoms with van der Waals surface area (Å²) in [6.07, 6.45) is 4.12. The highest BCUT2D eigenvalue weighted by molar-refractivity contribution is 5.74. The van der Waals surface area contributed by atoms with Crippen molar-refractivity contribution in [2.75, 3.05) is 38.3 Å². The third kappa shape index (κ3) is 2.64. The highest BCUT2D eigenvalue weighted by Gasteiger charge is 2.17. The summed E-state index contributed by atoms with van der Waals surface area (Å²) in [4.78, 5) is 7.23. The third-order valence-corrected chi connectivity index (χ3v) is 4.17. The van der Waals surface area contributed by atoms with E-state index in [0.717, 1.165) is 54.6 Å². The number of ether oxygens (including phenoxy) is 2. The largest absolute Gasteiger partial charge is 0.497 e. The summed E-state index contributed by atoms with van der Waals surface area (Å²) in [5.74, 6) is 1.85. The molecule has 5 heteroatoms. The van der Waals surface area contributed by atoms with Gasteiger partial charge in [0.05, 0.1) is 31.5 Å². The van der Waals surface area contributed by atoms with Crippen molar-refractivity contribution in [3.63, 3.8) is 0 Å². The standard InChI is InChI=1S/C18H19N3O2/c1-22-15-5-2-4-14(12-15)16-13-21-7-3-6-17(21)18(19-16)20-8-10-23-11-9-20/h2-7,12-13H,8-11H2,1H3. The van der Waals surface area contributed by atoms with Gasteiger partial charge in [-0.15, -0.1) is 0 Å². The van der Waals surface area contributed by atoms with Crippen molar-refractivity contribution in [3.05, 3.63) is 48.8 Å². The first-order chi connectivity index (χ1) is 11.3. The van der Waals surface area contributed by atoms with Crippen LogP contribution in [-0.2, 0) is 4.74 Å². The van der Waals surface area contributed by atoms with Crippen LogP contribution >= 0.6 is 0 Å². The van der Waals surface area contributed by atoms with Gasteiger partial charge in [0.15, 0.2) is 5.82 Å². The smallest absolute Gasteiger partial charge is 0.153 e. The molecule has 1 aliphatic rings. The van der Waals surface area contributed by atoms with Gasteiger partial charge in [0.2, 0.25) is 0 Å². The van der Waals surface area contributed by atoms with Gasteiger partial charge in [-0.3, -0.25) is 0 Å². The van der Waals surface area contributed by atoms with E-state index in [1.54, 1.807) is 7.11 Å². The number of hydrogen-bond donors (Lipinski definition) is 0. The van der Waals surface area contributed by atoms with Gasteiger partial charge in [-0.25, -0.2) is 4.98 Å². The molecule has 4 rings (SSSR count). The maximum Gasteiger partial charge on any atom is 0.153 e. The number of rotatable bonds is 3. The Bertz CT molecular complexity index is 822. The van der Waals surface area contributed by atoms with Crippen LogP contribution in [0.4, 0.5) is 5.82 Å². The van der Waals surface area contributed by atoms with Crippen molar-refractivity contribution >= 4 is 11.3 Å². The van der Waals surface area contributed by atoms with E-state index >= 15 is 0 Å². The SMILES string of the molecule is COc1cccc(-c2cn3cccc3c(N3CCOCC3)n2)c1. The lowest BCUT2D eigenvalue weighted by atomic mass is 10.1. The highest BCUT2D eigenvalue weighted by Crippen LogP contribution is 2.28. The molecule has 3 aromatic rings. The van der Waals surface area contributed by atoms with Gasteiger partial charge in [0.1, 0.15) is 5.75 Å². The zero-order valence-corrected chi connectivity index (χ0v) is 13.1. The first-order valence-corrected chi connectivity index (χ1v) is 7.80. The van der Waals surface area contributed by atoms with Crippen molar-refractivity contribution in [1.82, 2.24) is 9.38 Å². The molecule has 0 saturated carbocycles. The Labute approximate surface area is 135 Å². The lowest BCUT2D eigenvalue weighted by Crippen LogP contribution is -2.37. The van der Waals surface area contributed by atoms with E-state index in [4.69, 9.17) is 14.5 Å². The molecule has 0 radical (unpaired) electrons. The van der Waals surface area contributed by atoms with Crippen LogP contribution < -0.4 is 9.64 Å². The molecule has 0 N–H and O–H groups in total. The summed E-state index contributed by atoms with van der Waals surface area (Å²) < 4.78 is 12.9. The van der Waals surface area contributed by atoms with Crippen molar-refractivity contribution in [3.8, 4) is 17.0 Å². The van der Waals surface area contributed by atoms with Gasteiger partial charge in [0.25, 0.3) is 0 Å². The predicted octanol–water partition coefficient (Wildman–Crippen LogP) is 2.85. The van der Waals surface area contributed by atoms with Gasteiger partial charge in [-0.2, -0.15) is 0 Å². The molecule has 0 bridgehead atoms. The molecule has 1 aromatic carbocycles. The van der Waals surface area contributed by atoms with Crippen LogP contribution in [0.25, 0.3) is 16.8 Å². The lowest BCUT2D eigenvalue weighted by molar-refractivity contribution is 0.122. The summed E-state index contributed by atoms with van der Waals surface area (Å²) in [6.45, 7) is 3.24. The second-order valence-corrected chi connectivity index (χ2v) is 5.58. The predicted molar refractivity (Wildman–Crippen MR) is 90.2 cm³/mol. The fraction of sp³-hybridized carbons (Fsp3) is 0.278. The molecule has 0 amide bonds. The topological polar surface area (TPSA) is 39.0 Å². The van der Waals surface area contributed by atoms with E-state index < -0.39 is 0 Å². The van der Waals surface area contributed by atoms with Crippen molar-refractivity contribution < 1.29 is 9.47 Å². The second-order valence-electron chi connectivity index (χ2n) is 5.58. The summed E-state index contributed by atoms with van der Waals surface area (Å²) in [5.41, 5.74) is 3.11. The molecular weight excluding hydrogens is 290 g/mol. The van der Waals surface area contributed by atoms with E-state index in [1.165, 1.54) is 0 Å². The minimum Gasteiger partial charge on any atom is -0.497 e. The fourth-order valence-corrected chi connectivity index (χ4v) is 2.96. The van der Waals surface area contributed by atoms with Gasteiger partial charge < -0.3 is 18.8 Å². The van der Waals surface area contributed by atoms with E-state index in [0.29, 0.717) is 0 Å². The van der Waals surface area contributed by atoms with Crippen LogP contribution in [0.1, 0.15) is 0 Å². The summed E-state index contributed by atoms with van der Waals surface area (Å²) in [6, 6.07) is 12.2. The molecule has 1 saturated heterocycles. The minimum absolute atomic E-state index is 0.748. The van der Waals surface area contributed by atoms with Gasteiger partial charge >= 0.3 is 0 Å². The zero-order valence-electron chi connectivity index (χ0n) is 13.1. The number of hydrogen-bond acceptors (Lipinski definition) is 4. The van der Waals surface area contributed by atoms with Crippen molar-refractivity contribution in [2.24, 2.45) is 0 Å². The van der Waals surface area contributed by atoms with Crippen LogP contribution in [0.15, 0.2) is 48.8 Å². The van der Waals surface area contributed by atoms with Crippen LogP contribution in [0.2, 0.25) is 0 Å². The maximum absolute atomic E-state index is 5.47. The first-order valence-electron chi connectivity index (χ1n) is 7.80. The number of fused-ring (bicyclic) bond motifs is 1. The third-order valence-electron chi connectivity index (χ3n) is 4.17. The molecule has 23 heavy (non-hydrogen) atoms. The molecule has 1 fully saturated rings. The Hall–Kier alpha value is -2.53. The van der Waals surface area contributed by atoms with E-state index in [-0.39, 0.29) is 0 Å². The summed E-state index contributed by atoms with van der Waals surface area (Å²) in [7, 11) is 1.68. The monoisotopic (exact) mass is 309 g/mol. The molecular formula is C18H19N3O2. The molecule has 0 aliphatic carbocycles. The number of aromatic nitrogens is 2. The average molecular weight is 309 g/mol. The minimum atomic E-state index is 0.748. The summed E-state index contributed by atoms with van der Waals surface area (Å²) in [5, 5.41) is 0. The van der Waals surface area contributed by atoms with E-state index in [1.807, 2.05) is 18.2 Å². The first kappa shape index (κ1) is 14.1. The van der Waals surface area contributed by atoms with Crippen molar-refractivity contribution in [2.45, 2.75) is 0 Å². The number of morpholine rings is 1. The van der Waals surface area contributed by atoms with E-state index in [2.05, 4.69) is 39.9 Å². The molecule has 0 spiro atoms. The van der Waals surface area contributed by atoms with Gasteiger partial charge in [-0.05, 0) is 24.3 Å². The zero-order chi connectivity index (χ0) is 15.6. The quantitative estimate of drug-likeness (QED) is 0.746. The molecule has 5 nitrogen and oxygen atoms in total. The lowest BCUT2D eigenvalue weighted by Gasteiger charge is -2.28. The fourth-order valence-electron chi connectivity index (χ4n) is 2.96. The van der Waals surface area contributed by atoms with Crippen LogP contribution in [0.5, 0.6) is 5.75 Å². The number of benzene rings is 1.